The van der Waals surface area contributed by atoms with Crippen LogP contribution in [0.25, 0.3) is 0 Å². The monoisotopic (exact) mass is 243 g/mol. The van der Waals surface area contributed by atoms with Crippen LogP contribution in [0.3, 0.4) is 0 Å². The minimum atomic E-state index is -0.0709. The summed E-state index contributed by atoms with van der Waals surface area (Å²) in [5.41, 5.74) is 5.93. The van der Waals surface area contributed by atoms with Gasteiger partial charge < -0.3 is 10.5 Å². The molecule has 17 heavy (non-hydrogen) atoms. The van der Waals surface area contributed by atoms with E-state index in [0.717, 1.165) is 13.1 Å². The van der Waals surface area contributed by atoms with Gasteiger partial charge in [-0.05, 0) is 34.7 Å². The lowest BCUT2D eigenvalue weighted by molar-refractivity contribution is -0.0698. The molecule has 1 fully saturated rings. The summed E-state index contributed by atoms with van der Waals surface area (Å²) < 4.78 is 5.52. The van der Waals surface area contributed by atoms with E-state index in [1.54, 1.807) is 7.11 Å². The van der Waals surface area contributed by atoms with E-state index in [1.807, 2.05) is 0 Å². The zero-order valence-corrected chi connectivity index (χ0v) is 12.2. The second kappa shape index (κ2) is 5.65. The molecule has 2 N–H and O–H groups in total. The number of ether oxygens (including phenoxy) is 1. The average molecular weight is 243 g/mol. The topological polar surface area (TPSA) is 41.7 Å². The SMILES string of the molecule is COC(C)C(C)(CN)N1CC(C)N(C)C(C)C1. The molecule has 0 aliphatic carbocycles. The molecule has 1 aliphatic heterocycles. The summed E-state index contributed by atoms with van der Waals surface area (Å²) in [5.74, 6) is 0. The van der Waals surface area contributed by atoms with Crippen LogP contribution >= 0.6 is 0 Å². The van der Waals surface area contributed by atoms with E-state index in [1.165, 1.54) is 0 Å². The van der Waals surface area contributed by atoms with Gasteiger partial charge in [0.05, 0.1) is 11.6 Å². The average Bonchev–Trinajstić information content (AvgIpc) is 2.33. The molecule has 0 aromatic heterocycles. The van der Waals surface area contributed by atoms with Crippen LogP contribution in [0.4, 0.5) is 0 Å². The lowest BCUT2D eigenvalue weighted by Crippen LogP contribution is -2.66. The third kappa shape index (κ3) is 2.81. The molecule has 4 unspecified atom stereocenters. The largest absolute Gasteiger partial charge is 0.380 e. The molecule has 0 bridgehead atoms. The van der Waals surface area contributed by atoms with Crippen LogP contribution in [0.15, 0.2) is 0 Å². The van der Waals surface area contributed by atoms with E-state index in [0.29, 0.717) is 18.6 Å². The van der Waals surface area contributed by atoms with Crippen LogP contribution in [0.5, 0.6) is 0 Å². The zero-order chi connectivity index (χ0) is 13.2. The number of piperazine rings is 1. The predicted octanol–water partition coefficient (Wildman–Crippen LogP) is 0.763. The van der Waals surface area contributed by atoms with Crippen molar-refractivity contribution < 1.29 is 4.74 Å². The first-order valence-electron chi connectivity index (χ1n) is 6.56. The Morgan fingerprint density at radius 2 is 1.82 bits per heavy atom. The molecule has 0 spiro atoms. The van der Waals surface area contributed by atoms with Gasteiger partial charge in [0, 0.05) is 38.8 Å². The lowest BCUT2D eigenvalue weighted by atomic mass is 9.90. The first-order chi connectivity index (χ1) is 7.86. The minimum Gasteiger partial charge on any atom is -0.380 e. The molecule has 4 heteroatoms. The molecule has 1 rings (SSSR count). The number of rotatable bonds is 4. The molecule has 102 valence electrons. The highest BCUT2D eigenvalue weighted by atomic mass is 16.5. The second-order valence-corrected chi connectivity index (χ2v) is 5.71. The van der Waals surface area contributed by atoms with Crippen molar-refractivity contribution in [1.82, 2.24) is 9.80 Å². The highest BCUT2D eigenvalue weighted by Crippen LogP contribution is 2.26. The molecular formula is C13H29N3O. The predicted molar refractivity (Wildman–Crippen MR) is 72.2 cm³/mol. The molecule has 0 aromatic carbocycles. The Morgan fingerprint density at radius 3 is 2.18 bits per heavy atom. The van der Waals surface area contributed by atoms with Gasteiger partial charge >= 0.3 is 0 Å². The number of hydrogen-bond donors (Lipinski definition) is 1. The molecular weight excluding hydrogens is 214 g/mol. The van der Waals surface area contributed by atoms with Crippen molar-refractivity contribution in [2.75, 3.05) is 33.8 Å². The Kier molecular flexibility index (Phi) is 4.95. The summed E-state index contributed by atoms with van der Waals surface area (Å²) in [6, 6.07) is 1.13. The Labute approximate surface area is 106 Å². The van der Waals surface area contributed by atoms with Gasteiger partial charge in [-0.25, -0.2) is 0 Å². The maximum absolute atomic E-state index is 6.00. The summed E-state index contributed by atoms with van der Waals surface area (Å²) in [6.45, 7) is 11.6. The number of methoxy groups -OCH3 is 1. The fraction of sp³-hybridized carbons (Fsp3) is 1.00. The number of nitrogens with two attached hydrogens (primary N) is 1. The van der Waals surface area contributed by atoms with E-state index in [4.69, 9.17) is 10.5 Å². The van der Waals surface area contributed by atoms with Gasteiger partial charge in [0.1, 0.15) is 0 Å². The normalized spacial score (nSPS) is 33.4. The van der Waals surface area contributed by atoms with Crippen molar-refractivity contribution in [2.24, 2.45) is 5.73 Å². The summed E-state index contributed by atoms with van der Waals surface area (Å²) in [5, 5.41) is 0. The third-order valence-electron chi connectivity index (χ3n) is 4.72. The second-order valence-electron chi connectivity index (χ2n) is 5.71. The fourth-order valence-corrected chi connectivity index (χ4v) is 2.63. The Morgan fingerprint density at radius 1 is 1.35 bits per heavy atom. The van der Waals surface area contributed by atoms with Crippen molar-refractivity contribution in [3.8, 4) is 0 Å². The van der Waals surface area contributed by atoms with Crippen molar-refractivity contribution >= 4 is 0 Å². The van der Waals surface area contributed by atoms with Crippen LogP contribution < -0.4 is 5.73 Å². The first-order valence-corrected chi connectivity index (χ1v) is 6.56. The van der Waals surface area contributed by atoms with E-state index in [2.05, 4.69) is 44.5 Å². The summed E-state index contributed by atoms with van der Waals surface area (Å²) >= 11 is 0. The maximum atomic E-state index is 6.00. The van der Waals surface area contributed by atoms with Crippen LogP contribution in [-0.4, -0.2) is 67.3 Å². The van der Waals surface area contributed by atoms with E-state index >= 15 is 0 Å². The van der Waals surface area contributed by atoms with Gasteiger partial charge in [-0.3, -0.25) is 9.80 Å². The molecule has 4 nitrogen and oxygen atoms in total. The summed E-state index contributed by atoms with van der Waals surface area (Å²) in [7, 11) is 3.97. The van der Waals surface area contributed by atoms with Gasteiger partial charge in [0.25, 0.3) is 0 Å². The number of hydrogen-bond acceptors (Lipinski definition) is 4. The van der Waals surface area contributed by atoms with E-state index in [-0.39, 0.29) is 11.6 Å². The van der Waals surface area contributed by atoms with Crippen molar-refractivity contribution in [3.63, 3.8) is 0 Å². The molecule has 0 saturated carbocycles. The highest BCUT2D eigenvalue weighted by Gasteiger charge is 2.40. The van der Waals surface area contributed by atoms with Crippen LogP contribution in [-0.2, 0) is 4.74 Å². The fourth-order valence-electron chi connectivity index (χ4n) is 2.63. The van der Waals surface area contributed by atoms with Crippen LogP contribution in [0.2, 0.25) is 0 Å². The van der Waals surface area contributed by atoms with Crippen molar-refractivity contribution in [3.05, 3.63) is 0 Å². The summed E-state index contributed by atoms with van der Waals surface area (Å²) in [6.07, 6.45) is 0.148. The molecule has 0 radical (unpaired) electrons. The lowest BCUT2D eigenvalue weighted by Gasteiger charge is -2.51. The Bertz CT molecular complexity index is 237. The smallest absolute Gasteiger partial charge is 0.0736 e. The molecule has 4 atom stereocenters. The van der Waals surface area contributed by atoms with Crippen molar-refractivity contribution in [1.29, 1.82) is 0 Å². The summed E-state index contributed by atoms with van der Waals surface area (Å²) in [4.78, 5) is 4.93. The van der Waals surface area contributed by atoms with E-state index < -0.39 is 0 Å². The Hall–Kier alpha value is -0.160. The molecule has 1 aliphatic rings. The molecule has 0 aromatic rings. The molecule has 0 amide bonds. The van der Waals surface area contributed by atoms with Gasteiger partial charge in [-0.1, -0.05) is 0 Å². The first kappa shape index (κ1) is 14.9. The van der Waals surface area contributed by atoms with Gasteiger partial charge in [0.2, 0.25) is 0 Å². The van der Waals surface area contributed by atoms with Gasteiger partial charge in [-0.15, -0.1) is 0 Å². The van der Waals surface area contributed by atoms with Crippen LogP contribution in [0.1, 0.15) is 27.7 Å². The van der Waals surface area contributed by atoms with Crippen LogP contribution in [0, 0.1) is 0 Å². The molecule has 1 heterocycles. The molecule has 1 saturated heterocycles. The highest BCUT2D eigenvalue weighted by molar-refractivity contribution is 4.98. The van der Waals surface area contributed by atoms with Gasteiger partial charge in [0.15, 0.2) is 0 Å². The van der Waals surface area contributed by atoms with Gasteiger partial charge in [-0.2, -0.15) is 0 Å². The quantitative estimate of drug-likeness (QED) is 0.792. The standard InChI is InChI=1S/C13H29N3O/c1-10-7-16(8-11(2)15(10)5)13(4,9-14)12(3)17-6/h10-12H,7-9,14H2,1-6H3. The Balaban J connectivity index is 2.83. The maximum Gasteiger partial charge on any atom is 0.0736 e. The third-order valence-corrected chi connectivity index (χ3v) is 4.72. The zero-order valence-electron chi connectivity index (χ0n) is 12.2. The minimum absolute atomic E-state index is 0.0709. The van der Waals surface area contributed by atoms with Crippen molar-refractivity contribution in [2.45, 2.75) is 51.4 Å². The number of nitrogens with zero attached hydrogens (tertiary/aromatic N) is 2. The van der Waals surface area contributed by atoms with E-state index in [9.17, 15) is 0 Å². The number of likely N-dealkylation sites (N-methyl/N-ethyl adjacent to an activating group) is 1.